The third-order valence-electron chi connectivity index (χ3n) is 5.37. The van der Waals surface area contributed by atoms with E-state index in [1.54, 1.807) is 60.7 Å². The molecule has 0 aliphatic carbocycles. The van der Waals surface area contributed by atoms with Gasteiger partial charge in [-0.15, -0.1) is 0 Å². The van der Waals surface area contributed by atoms with Crippen LogP contribution in [0.25, 0.3) is 5.76 Å². The van der Waals surface area contributed by atoms with E-state index in [4.69, 9.17) is 13.9 Å². The topological polar surface area (TPSA) is 89.2 Å². The first-order valence-electron chi connectivity index (χ1n) is 10.8. The number of aliphatic hydroxyl groups excluding tert-OH is 1. The van der Waals surface area contributed by atoms with Gasteiger partial charge in [0.15, 0.2) is 0 Å². The molecule has 170 valence electrons. The normalized spacial score (nSPS) is 17.4. The molecule has 7 nitrogen and oxygen atoms in total. The van der Waals surface area contributed by atoms with Gasteiger partial charge in [-0.1, -0.05) is 24.3 Å². The standard InChI is InChI=1S/C26H25NO6/c1-3-31-19-12-10-17(11-13-19)23-22(24(28)18-7-5-8-20(15-18)32-4-2)25(29)26(30)27(23)16-21-9-6-14-33-21/h5-15,23,28H,3-4,16H2,1-2H3/b24-22-. The molecule has 2 heterocycles. The lowest BCUT2D eigenvalue weighted by Crippen LogP contribution is -2.29. The molecule has 0 saturated carbocycles. The highest BCUT2D eigenvalue weighted by molar-refractivity contribution is 6.46. The van der Waals surface area contributed by atoms with Gasteiger partial charge < -0.3 is 23.9 Å². The summed E-state index contributed by atoms with van der Waals surface area (Å²) in [6.07, 6.45) is 1.51. The van der Waals surface area contributed by atoms with Crippen molar-refractivity contribution in [3.63, 3.8) is 0 Å². The zero-order chi connectivity index (χ0) is 23.4. The van der Waals surface area contributed by atoms with Crippen molar-refractivity contribution < 1.29 is 28.6 Å². The van der Waals surface area contributed by atoms with E-state index in [0.29, 0.717) is 41.6 Å². The molecule has 1 amide bonds. The number of amides is 1. The van der Waals surface area contributed by atoms with E-state index in [-0.39, 0.29) is 17.9 Å². The largest absolute Gasteiger partial charge is 0.507 e. The summed E-state index contributed by atoms with van der Waals surface area (Å²) in [6, 6.07) is 16.6. The van der Waals surface area contributed by atoms with E-state index < -0.39 is 17.7 Å². The Hall–Kier alpha value is -4.00. The Kier molecular flexibility index (Phi) is 6.49. The van der Waals surface area contributed by atoms with Gasteiger partial charge in [0.1, 0.15) is 23.0 Å². The van der Waals surface area contributed by atoms with Crippen LogP contribution in [0.5, 0.6) is 11.5 Å². The van der Waals surface area contributed by atoms with Gasteiger partial charge in [-0.2, -0.15) is 0 Å². The number of ketones is 1. The molecular formula is C26H25NO6. The van der Waals surface area contributed by atoms with E-state index >= 15 is 0 Å². The first kappa shape index (κ1) is 22.2. The minimum absolute atomic E-state index is 0.0179. The fourth-order valence-electron chi connectivity index (χ4n) is 3.93. The molecule has 4 rings (SSSR count). The summed E-state index contributed by atoms with van der Waals surface area (Å²) in [6.45, 7) is 4.82. The third-order valence-corrected chi connectivity index (χ3v) is 5.37. The van der Waals surface area contributed by atoms with Crippen LogP contribution in [0, 0.1) is 0 Å². The monoisotopic (exact) mass is 447 g/mol. The summed E-state index contributed by atoms with van der Waals surface area (Å²) in [5.41, 5.74) is 1.09. The number of Topliss-reactive ketones (excluding diaryl/α,β-unsaturated/α-hetero) is 1. The number of likely N-dealkylation sites (tertiary alicyclic amines) is 1. The molecule has 2 aromatic carbocycles. The molecule has 1 aromatic heterocycles. The number of hydrogen-bond acceptors (Lipinski definition) is 6. The zero-order valence-electron chi connectivity index (χ0n) is 18.5. The third kappa shape index (κ3) is 4.48. The Labute approximate surface area is 191 Å². The number of nitrogens with zero attached hydrogens (tertiary/aromatic N) is 1. The lowest BCUT2D eigenvalue weighted by atomic mass is 9.95. The predicted octanol–water partition coefficient (Wildman–Crippen LogP) is 4.70. The van der Waals surface area contributed by atoms with Crippen molar-refractivity contribution in [2.45, 2.75) is 26.4 Å². The molecule has 33 heavy (non-hydrogen) atoms. The predicted molar refractivity (Wildman–Crippen MR) is 122 cm³/mol. The fourth-order valence-corrected chi connectivity index (χ4v) is 3.93. The van der Waals surface area contributed by atoms with Crippen LogP contribution in [0.4, 0.5) is 0 Å². The van der Waals surface area contributed by atoms with Crippen LogP contribution in [-0.2, 0) is 16.1 Å². The van der Waals surface area contributed by atoms with Crippen LogP contribution in [-0.4, -0.2) is 34.9 Å². The highest BCUT2D eigenvalue weighted by Crippen LogP contribution is 2.41. The number of carbonyl (C=O) groups is 2. The van der Waals surface area contributed by atoms with Crippen LogP contribution in [0.3, 0.4) is 0 Å². The van der Waals surface area contributed by atoms with Gasteiger partial charge >= 0.3 is 0 Å². The summed E-state index contributed by atoms with van der Waals surface area (Å²) in [7, 11) is 0. The molecule has 7 heteroatoms. The van der Waals surface area contributed by atoms with Crippen molar-refractivity contribution in [1.82, 2.24) is 4.90 Å². The molecule has 1 fully saturated rings. The molecule has 0 spiro atoms. The van der Waals surface area contributed by atoms with Gasteiger partial charge in [0.2, 0.25) is 0 Å². The average Bonchev–Trinajstić information content (AvgIpc) is 3.42. The van der Waals surface area contributed by atoms with E-state index in [2.05, 4.69) is 0 Å². The summed E-state index contributed by atoms with van der Waals surface area (Å²) < 4.78 is 16.5. The van der Waals surface area contributed by atoms with Crippen LogP contribution < -0.4 is 9.47 Å². The number of carbonyl (C=O) groups excluding carboxylic acids is 2. The molecular weight excluding hydrogens is 422 g/mol. The Morgan fingerprint density at radius 1 is 0.970 bits per heavy atom. The lowest BCUT2D eigenvalue weighted by Gasteiger charge is -2.24. The molecule has 1 atom stereocenters. The molecule has 0 radical (unpaired) electrons. The Morgan fingerprint density at radius 2 is 1.70 bits per heavy atom. The molecule has 0 bridgehead atoms. The van der Waals surface area contributed by atoms with Crippen LogP contribution >= 0.6 is 0 Å². The molecule has 1 N–H and O–H groups in total. The summed E-state index contributed by atoms with van der Waals surface area (Å²) in [5, 5.41) is 11.2. The Balaban J connectivity index is 1.82. The first-order chi connectivity index (χ1) is 16.0. The van der Waals surface area contributed by atoms with E-state index in [0.717, 1.165) is 0 Å². The summed E-state index contributed by atoms with van der Waals surface area (Å²) >= 11 is 0. The van der Waals surface area contributed by atoms with Gasteiger partial charge in [-0.25, -0.2) is 0 Å². The minimum atomic E-state index is -0.790. The number of hydrogen-bond donors (Lipinski definition) is 1. The smallest absolute Gasteiger partial charge is 0.296 e. The number of rotatable bonds is 8. The Morgan fingerprint density at radius 3 is 2.36 bits per heavy atom. The van der Waals surface area contributed by atoms with E-state index in [1.807, 2.05) is 13.8 Å². The second-order valence-electron chi connectivity index (χ2n) is 7.47. The molecule has 1 unspecified atom stereocenters. The van der Waals surface area contributed by atoms with Crippen molar-refractivity contribution in [2.24, 2.45) is 0 Å². The highest BCUT2D eigenvalue weighted by atomic mass is 16.5. The molecule has 1 aliphatic rings. The second kappa shape index (κ2) is 9.65. The van der Waals surface area contributed by atoms with Gasteiger partial charge in [-0.05, 0) is 55.8 Å². The molecule has 3 aromatic rings. The van der Waals surface area contributed by atoms with Crippen molar-refractivity contribution in [3.8, 4) is 11.5 Å². The summed E-state index contributed by atoms with van der Waals surface area (Å²) in [5.74, 6) is 0.0621. The van der Waals surface area contributed by atoms with E-state index in [1.165, 1.54) is 11.2 Å². The molecule has 1 aliphatic heterocycles. The highest BCUT2D eigenvalue weighted by Gasteiger charge is 2.46. The van der Waals surface area contributed by atoms with Crippen LogP contribution in [0.2, 0.25) is 0 Å². The van der Waals surface area contributed by atoms with E-state index in [9.17, 15) is 14.7 Å². The minimum Gasteiger partial charge on any atom is -0.507 e. The fraction of sp³-hybridized carbons (Fsp3) is 0.231. The first-order valence-corrected chi connectivity index (χ1v) is 10.8. The van der Waals surface area contributed by atoms with Crippen molar-refractivity contribution in [3.05, 3.63) is 89.4 Å². The maximum Gasteiger partial charge on any atom is 0.296 e. The van der Waals surface area contributed by atoms with Gasteiger partial charge in [-0.3, -0.25) is 9.59 Å². The van der Waals surface area contributed by atoms with Crippen molar-refractivity contribution >= 4 is 17.4 Å². The molecule has 1 saturated heterocycles. The number of ether oxygens (including phenoxy) is 2. The van der Waals surface area contributed by atoms with Crippen LogP contribution in [0.15, 0.2) is 76.9 Å². The number of furan rings is 1. The summed E-state index contributed by atoms with van der Waals surface area (Å²) in [4.78, 5) is 27.6. The SMILES string of the molecule is CCOc1ccc(C2/C(=C(/O)c3cccc(OCC)c3)C(=O)C(=O)N2Cc2ccco2)cc1. The maximum atomic E-state index is 13.1. The quantitative estimate of drug-likeness (QED) is 0.306. The average molecular weight is 447 g/mol. The number of aliphatic hydroxyl groups is 1. The lowest BCUT2D eigenvalue weighted by molar-refractivity contribution is -0.140. The zero-order valence-corrected chi connectivity index (χ0v) is 18.5. The van der Waals surface area contributed by atoms with Crippen molar-refractivity contribution in [2.75, 3.05) is 13.2 Å². The van der Waals surface area contributed by atoms with Gasteiger partial charge in [0, 0.05) is 5.56 Å². The van der Waals surface area contributed by atoms with Crippen LogP contribution in [0.1, 0.15) is 36.8 Å². The Bertz CT molecular complexity index is 1160. The van der Waals surface area contributed by atoms with Gasteiger partial charge in [0.05, 0.1) is 37.6 Å². The number of benzene rings is 2. The van der Waals surface area contributed by atoms with Crippen molar-refractivity contribution in [1.29, 1.82) is 0 Å². The maximum absolute atomic E-state index is 13.1. The second-order valence-corrected chi connectivity index (χ2v) is 7.47. The van der Waals surface area contributed by atoms with Gasteiger partial charge in [0.25, 0.3) is 11.7 Å².